The molecular weight excluding hydrogens is 350 g/mol. The molecule has 23 heavy (non-hydrogen) atoms. The summed E-state index contributed by atoms with van der Waals surface area (Å²) in [5, 5.41) is 3.20. The Kier molecular flexibility index (Phi) is 4.86. The zero-order valence-corrected chi connectivity index (χ0v) is 15.0. The molecular formula is C20H22BrNO. The first kappa shape index (κ1) is 16.3. The summed E-state index contributed by atoms with van der Waals surface area (Å²) in [6, 6.07) is 18.6. The fourth-order valence-electron chi connectivity index (χ4n) is 3.15. The largest absolute Gasteiger partial charge is 0.355 e. The summed E-state index contributed by atoms with van der Waals surface area (Å²) in [6.45, 7) is 2.88. The van der Waals surface area contributed by atoms with Crippen LogP contribution < -0.4 is 5.32 Å². The number of carbonyl (C=O) groups excluding carboxylic acids is 1. The van der Waals surface area contributed by atoms with Gasteiger partial charge in [-0.1, -0.05) is 65.3 Å². The Morgan fingerprint density at radius 1 is 1.13 bits per heavy atom. The first-order chi connectivity index (χ1) is 11.2. The van der Waals surface area contributed by atoms with E-state index in [0.717, 1.165) is 29.3 Å². The summed E-state index contributed by atoms with van der Waals surface area (Å²) >= 11 is 3.45. The molecule has 3 heteroatoms. The lowest BCUT2D eigenvalue weighted by Gasteiger charge is -2.20. The standard InChI is InChI=1S/C20H22BrNO/c1-2-15(16-6-4-3-5-7-16)14-22-19(23)20(12-13-20)17-8-10-18(21)11-9-17/h3-11,15H,2,12-14H2,1H3,(H,22,23). The SMILES string of the molecule is CCC(CNC(=O)C1(c2ccc(Br)cc2)CC1)c1ccccc1. The highest BCUT2D eigenvalue weighted by Gasteiger charge is 2.51. The molecule has 1 saturated carbocycles. The molecule has 3 rings (SSSR count). The van der Waals surface area contributed by atoms with Crippen LogP contribution >= 0.6 is 15.9 Å². The molecule has 0 heterocycles. The molecule has 0 aliphatic heterocycles. The maximum atomic E-state index is 12.7. The van der Waals surface area contributed by atoms with Gasteiger partial charge >= 0.3 is 0 Å². The van der Waals surface area contributed by atoms with Gasteiger partial charge in [0.1, 0.15) is 0 Å². The lowest BCUT2D eigenvalue weighted by atomic mass is 9.93. The predicted octanol–water partition coefficient (Wildman–Crippen LogP) is 4.79. The Labute approximate surface area is 146 Å². The molecule has 1 aliphatic carbocycles. The average Bonchev–Trinajstić information content (AvgIpc) is 3.39. The highest BCUT2D eigenvalue weighted by atomic mass is 79.9. The molecule has 120 valence electrons. The van der Waals surface area contributed by atoms with Gasteiger partial charge in [0.2, 0.25) is 5.91 Å². The maximum Gasteiger partial charge on any atom is 0.230 e. The van der Waals surface area contributed by atoms with Crippen molar-refractivity contribution in [2.75, 3.05) is 6.54 Å². The average molecular weight is 372 g/mol. The van der Waals surface area contributed by atoms with E-state index in [4.69, 9.17) is 0 Å². The van der Waals surface area contributed by atoms with Crippen LogP contribution in [0.4, 0.5) is 0 Å². The number of hydrogen-bond acceptors (Lipinski definition) is 1. The Hall–Kier alpha value is -1.61. The van der Waals surface area contributed by atoms with Crippen molar-refractivity contribution in [1.29, 1.82) is 0 Å². The fourth-order valence-corrected chi connectivity index (χ4v) is 3.41. The number of carbonyl (C=O) groups is 1. The summed E-state index contributed by atoms with van der Waals surface area (Å²) < 4.78 is 1.05. The highest BCUT2D eigenvalue weighted by Crippen LogP contribution is 2.48. The molecule has 2 aromatic carbocycles. The lowest BCUT2D eigenvalue weighted by Crippen LogP contribution is -2.37. The van der Waals surface area contributed by atoms with Gasteiger partial charge < -0.3 is 5.32 Å². The molecule has 1 fully saturated rings. The first-order valence-corrected chi connectivity index (χ1v) is 9.04. The fraction of sp³-hybridized carbons (Fsp3) is 0.350. The number of amides is 1. The van der Waals surface area contributed by atoms with Gasteiger partial charge in [-0.05, 0) is 42.5 Å². The van der Waals surface area contributed by atoms with E-state index in [-0.39, 0.29) is 11.3 Å². The molecule has 0 aromatic heterocycles. The molecule has 0 spiro atoms. The molecule has 0 radical (unpaired) electrons. The van der Waals surface area contributed by atoms with Crippen molar-refractivity contribution in [2.24, 2.45) is 0 Å². The zero-order chi connectivity index (χ0) is 16.3. The van der Waals surface area contributed by atoms with Gasteiger partial charge in [0.25, 0.3) is 0 Å². The third kappa shape index (κ3) is 3.50. The maximum absolute atomic E-state index is 12.7. The summed E-state index contributed by atoms with van der Waals surface area (Å²) in [5.74, 6) is 0.551. The number of nitrogens with one attached hydrogen (secondary N) is 1. The van der Waals surface area contributed by atoms with E-state index in [1.165, 1.54) is 5.56 Å². The van der Waals surface area contributed by atoms with Gasteiger partial charge in [-0.3, -0.25) is 4.79 Å². The van der Waals surface area contributed by atoms with E-state index < -0.39 is 0 Å². The minimum Gasteiger partial charge on any atom is -0.355 e. The topological polar surface area (TPSA) is 29.1 Å². The van der Waals surface area contributed by atoms with Crippen molar-refractivity contribution in [2.45, 2.75) is 37.5 Å². The van der Waals surface area contributed by atoms with Gasteiger partial charge in [0.15, 0.2) is 0 Å². The molecule has 0 bridgehead atoms. The van der Waals surface area contributed by atoms with Crippen molar-refractivity contribution < 1.29 is 4.79 Å². The molecule has 1 unspecified atom stereocenters. The van der Waals surface area contributed by atoms with Crippen LogP contribution in [0.3, 0.4) is 0 Å². The molecule has 0 saturated heterocycles. The van der Waals surface area contributed by atoms with Crippen molar-refractivity contribution in [3.05, 3.63) is 70.2 Å². The van der Waals surface area contributed by atoms with E-state index in [1.807, 2.05) is 18.2 Å². The second-order valence-corrected chi connectivity index (χ2v) is 7.23. The second-order valence-electron chi connectivity index (χ2n) is 6.31. The van der Waals surface area contributed by atoms with Crippen molar-refractivity contribution in [3.63, 3.8) is 0 Å². The van der Waals surface area contributed by atoms with Gasteiger partial charge in [-0.2, -0.15) is 0 Å². The van der Waals surface area contributed by atoms with Crippen LogP contribution in [0.1, 0.15) is 43.2 Å². The lowest BCUT2D eigenvalue weighted by molar-refractivity contribution is -0.123. The predicted molar refractivity (Wildman–Crippen MR) is 97.5 cm³/mol. The Bertz CT molecular complexity index is 662. The van der Waals surface area contributed by atoms with Crippen molar-refractivity contribution in [3.8, 4) is 0 Å². The van der Waals surface area contributed by atoms with Crippen LogP contribution in [0.15, 0.2) is 59.1 Å². The van der Waals surface area contributed by atoms with Crippen LogP contribution in [0.5, 0.6) is 0 Å². The van der Waals surface area contributed by atoms with E-state index >= 15 is 0 Å². The number of rotatable bonds is 6. The molecule has 2 aromatic rings. The molecule has 2 nitrogen and oxygen atoms in total. The van der Waals surface area contributed by atoms with E-state index in [0.29, 0.717) is 12.5 Å². The Morgan fingerprint density at radius 2 is 1.78 bits per heavy atom. The van der Waals surface area contributed by atoms with Gasteiger partial charge in [0, 0.05) is 16.9 Å². The minimum atomic E-state index is -0.296. The smallest absolute Gasteiger partial charge is 0.230 e. The van der Waals surface area contributed by atoms with Crippen LogP contribution in [-0.4, -0.2) is 12.5 Å². The third-order valence-electron chi connectivity index (χ3n) is 4.85. The van der Waals surface area contributed by atoms with Crippen LogP contribution in [0.2, 0.25) is 0 Å². The van der Waals surface area contributed by atoms with Crippen LogP contribution in [-0.2, 0) is 10.2 Å². The van der Waals surface area contributed by atoms with Crippen LogP contribution in [0.25, 0.3) is 0 Å². The van der Waals surface area contributed by atoms with E-state index in [1.54, 1.807) is 0 Å². The number of benzene rings is 2. The normalized spacial score (nSPS) is 16.6. The second kappa shape index (κ2) is 6.88. The molecule has 1 aliphatic rings. The number of hydrogen-bond donors (Lipinski definition) is 1. The summed E-state index contributed by atoms with van der Waals surface area (Å²) in [4.78, 5) is 12.7. The highest BCUT2D eigenvalue weighted by molar-refractivity contribution is 9.10. The number of halogens is 1. The molecule has 1 amide bonds. The monoisotopic (exact) mass is 371 g/mol. The Balaban J connectivity index is 1.66. The minimum absolute atomic E-state index is 0.175. The summed E-state index contributed by atoms with van der Waals surface area (Å²) in [7, 11) is 0. The third-order valence-corrected chi connectivity index (χ3v) is 5.38. The Morgan fingerprint density at radius 3 is 2.35 bits per heavy atom. The first-order valence-electron chi connectivity index (χ1n) is 8.25. The summed E-state index contributed by atoms with van der Waals surface area (Å²) in [6.07, 6.45) is 2.92. The summed E-state index contributed by atoms with van der Waals surface area (Å²) in [5.41, 5.74) is 2.13. The molecule has 1 N–H and O–H groups in total. The molecule has 1 atom stereocenters. The van der Waals surface area contributed by atoms with E-state index in [2.05, 4.69) is 64.6 Å². The van der Waals surface area contributed by atoms with E-state index in [9.17, 15) is 4.79 Å². The van der Waals surface area contributed by atoms with Crippen molar-refractivity contribution in [1.82, 2.24) is 5.32 Å². The van der Waals surface area contributed by atoms with Crippen molar-refractivity contribution >= 4 is 21.8 Å². The quantitative estimate of drug-likeness (QED) is 0.776. The zero-order valence-electron chi connectivity index (χ0n) is 13.4. The van der Waals surface area contributed by atoms with Gasteiger partial charge in [-0.15, -0.1) is 0 Å². The van der Waals surface area contributed by atoms with Gasteiger partial charge in [-0.25, -0.2) is 0 Å². The van der Waals surface area contributed by atoms with Crippen LogP contribution in [0, 0.1) is 0 Å². The van der Waals surface area contributed by atoms with Gasteiger partial charge in [0.05, 0.1) is 5.41 Å².